The summed E-state index contributed by atoms with van der Waals surface area (Å²) in [6.07, 6.45) is 2.16. The molecular weight excluding hydrogens is 245 g/mol. The van der Waals surface area contributed by atoms with Gasteiger partial charge in [0.05, 0.1) is 5.69 Å². The van der Waals surface area contributed by atoms with Crippen LogP contribution < -0.4 is 10.6 Å². The van der Waals surface area contributed by atoms with Crippen molar-refractivity contribution in [2.24, 2.45) is 5.92 Å². The molecule has 104 valence electrons. The summed E-state index contributed by atoms with van der Waals surface area (Å²) in [7, 11) is 1.75. The van der Waals surface area contributed by atoms with Crippen LogP contribution in [0.1, 0.15) is 12.8 Å². The monoisotopic (exact) mass is 265 g/mol. The van der Waals surface area contributed by atoms with Gasteiger partial charge in [0.25, 0.3) is 0 Å². The normalized spacial score (nSPS) is 16.1. The SMILES string of the molecule is CN(CC1CCNCC1)C(=O)Nc1ccccc1F. The van der Waals surface area contributed by atoms with Gasteiger partial charge in [0.2, 0.25) is 0 Å². The summed E-state index contributed by atoms with van der Waals surface area (Å²) in [4.78, 5) is 13.6. The molecule has 1 saturated heterocycles. The van der Waals surface area contributed by atoms with Crippen molar-refractivity contribution in [3.05, 3.63) is 30.1 Å². The van der Waals surface area contributed by atoms with Crippen molar-refractivity contribution in [2.45, 2.75) is 12.8 Å². The van der Waals surface area contributed by atoms with Gasteiger partial charge in [-0.3, -0.25) is 0 Å². The lowest BCUT2D eigenvalue weighted by Crippen LogP contribution is -2.39. The second-order valence-electron chi connectivity index (χ2n) is 4.98. The van der Waals surface area contributed by atoms with E-state index in [1.54, 1.807) is 30.1 Å². The van der Waals surface area contributed by atoms with Crippen LogP contribution in [-0.2, 0) is 0 Å². The molecule has 2 N–H and O–H groups in total. The number of hydrogen-bond donors (Lipinski definition) is 2. The van der Waals surface area contributed by atoms with Crippen molar-refractivity contribution < 1.29 is 9.18 Å². The van der Waals surface area contributed by atoms with Gasteiger partial charge >= 0.3 is 6.03 Å². The Morgan fingerprint density at radius 2 is 2.11 bits per heavy atom. The zero-order chi connectivity index (χ0) is 13.7. The molecule has 0 aromatic heterocycles. The fourth-order valence-corrected chi connectivity index (χ4v) is 2.31. The molecule has 1 aromatic rings. The molecule has 1 aromatic carbocycles. The second-order valence-corrected chi connectivity index (χ2v) is 4.98. The maximum Gasteiger partial charge on any atom is 0.321 e. The molecule has 5 heteroatoms. The first kappa shape index (κ1) is 13.8. The molecule has 19 heavy (non-hydrogen) atoms. The largest absolute Gasteiger partial charge is 0.327 e. The molecule has 0 spiro atoms. The van der Waals surface area contributed by atoms with E-state index in [1.165, 1.54) is 6.07 Å². The zero-order valence-corrected chi connectivity index (χ0v) is 11.2. The Bertz CT molecular complexity index is 432. The minimum absolute atomic E-state index is 0.227. The first-order valence-corrected chi connectivity index (χ1v) is 6.64. The number of benzene rings is 1. The molecule has 0 saturated carbocycles. The van der Waals surface area contributed by atoms with Gasteiger partial charge in [-0.05, 0) is 44.0 Å². The van der Waals surface area contributed by atoms with Gasteiger partial charge in [0.15, 0.2) is 0 Å². The van der Waals surface area contributed by atoms with E-state index in [-0.39, 0.29) is 11.7 Å². The van der Waals surface area contributed by atoms with Gasteiger partial charge in [0.1, 0.15) is 5.82 Å². The summed E-state index contributed by atoms with van der Waals surface area (Å²) < 4.78 is 13.4. The fraction of sp³-hybridized carbons (Fsp3) is 0.500. The van der Waals surface area contributed by atoms with Gasteiger partial charge in [-0.2, -0.15) is 0 Å². The number of urea groups is 1. The zero-order valence-electron chi connectivity index (χ0n) is 11.2. The number of hydrogen-bond acceptors (Lipinski definition) is 2. The van der Waals surface area contributed by atoms with E-state index in [1.807, 2.05) is 0 Å². The van der Waals surface area contributed by atoms with Crippen molar-refractivity contribution in [3.63, 3.8) is 0 Å². The Morgan fingerprint density at radius 1 is 1.42 bits per heavy atom. The number of halogens is 1. The third-order valence-electron chi connectivity index (χ3n) is 3.45. The number of amides is 2. The van der Waals surface area contributed by atoms with Gasteiger partial charge in [-0.25, -0.2) is 9.18 Å². The molecule has 2 rings (SSSR count). The average Bonchev–Trinajstić information content (AvgIpc) is 2.42. The molecule has 1 aliphatic heterocycles. The van der Waals surface area contributed by atoms with E-state index in [4.69, 9.17) is 0 Å². The molecule has 0 bridgehead atoms. The predicted molar refractivity (Wildman–Crippen MR) is 73.6 cm³/mol. The van der Waals surface area contributed by atoms with Crippen molar-refractivity contribution in [3.8, 4) is 0 Å². The standard InChI is InChI=1S/C14H20FN3O/c1-18(10-11-6-8-16-9-7-11)14(19)17-13-5-3-2-4-12(13)15/h2-5,11,16H,6-10H2,1H3,(H,17,19). The summed E-state index contributed by atoms with van der Waals surface area (Å²) in [6.45, 7) is 2.73. The van der Waals surface area contributed by atoms with Crippen LogP contribution in [0.5, 0.6) is 0 Å². The molecule has 1 heterocycles. The lowest BCUT2D eigenvalue weighted by Gasteiger charge is -2.27. The number of nitrogens with zero attached hydrogens (tertiary/aromatic N) is 1. The van der Waals surface area contributed by atoms with Crippen LogP contribution in [0.4, 0.5) is 14.9 Å². The molecule has 4 nitrogen and oxygen atoms in total. The van der Waals surface area contributed by atoms with Gasteiger partial charge in [-0.1, -0.05) is 12.1 Å². The van der Waals surface area contributed by atoms with E-state index >= 15 is 0 Å². The van der Waals surface area contributed by atoms with Gasteiger partial charge in [-0.15, -0.1) is 0 Å². The molecule has 0 atom stereocenters. The number of rotatable bonds is 3. The second kappa shape index (κ2) is 6.52. The molecule has 2 amide bonds. The van der Waals surface area contributed by atoms with Gasteiger partial charge in [0, 0.05) is 13.6 Å². The molecule has 0 aliphatic carbocycles. The van der Waals surface area contributed by atoms with E-state index in [9.17, 15) is 9.18 Å². The van der Waals surface area contributed by atoms with Crippen LogP contribution in [0, 0.1) is 11.7 Å². The van der Waals surface area contributed by atoms with E-state index < -0.39 is 5.82 Å². The van der Waals surface area contributed by atoms with E-state index in [0.29, 0.717) is 12.5 Å². The Balaban J connectivity index is 1.87. The maximum atomic E-state index is 13.4. The highest BCUT2D eigenvalue weighted by Gasteiger charge is 2.18. The first-order chi connectivity index (χ1) is 9.16. The molecule has 0 radical (unpaired) electrons. The molecule has 1 fully saturated rings. The van der Waals surface area contributed by atoms with Crippen LogP contribution in [0.3, 0.4) is 0 Å². The highest BCUT2D eigenvalue weighted by atomic mass is 19.1. The topological polar surface area (TPSA) is 44.4 Å². The van der Waals surface area contributed by atoms with Crippen molar-refractivity contribution in [2.75, 3.05) is 32.0 Å². The number of para-hydroxylation sites is 1. The Kier molecular flexibility index (Phi) is 4.74. The molecular formula is C14H20FN3O. The summed E-state index contributed by atoms with van der Waals surface area (Å²) in [6, 6.07) is 5.94. The number of piperidine rings is 1. The van der Waals surface area contributed by atoms with Crippen molar-refractivity contribution in [1.29, 1.82) is 0 Å². The Morgan fingerprint density at radius 3 is 2.79 bits per heavy atom. The number of nitrogens with one attached hydrogen (secondary N) is 2. The highest BCUT2D eigenvalue weighted by Crippen LogP contribution is 2.15. The summed E-state index contributed by atoms with van der Waals surface area (Å²) >= 11 is 0. The number of anilines is 1. The maximum absolute atomic E-state index is 13.4. The smallest absolute Gasteiger partial charge is 0.321 e. The highest BCUT2D eigenvalue weighted by molar-refractivity contribution is 5.89. The Labute approximate surface area is 113 Å². The van der Waals surface area contributed by atoms with Crippen LogP contribution in [0.15, 0.2) is 24.3 Å². The minimum atomic E-state index is -0.411. The lowest BCUT2D eigenvalue weighted by atomic mass is 9.98. The lowest BCUT2D eigenvalue weighted by molar-refractivity contribution is 0.206. The Hall–Kier alpha value is -1.62. The van der Waals surface area contributed by atoms with Crippen LogP contribution in [-0.4, -0.2) is 37.6 Å². The first-order valence-electron chi connectivity index (χ1n) is 6.64. The summed E-state index contributed by atoms with van der Waals surface area (Å²) in [5, 5.41) is 5.89. The fourth-order valence-electron chi connectivity index (χ4n) is 2.31. The predicted octanol–water partition coefficient (Wildman–Crippen LogP) is 2.29. The third kappa shape index (κ3) is 3.92. The summed E-state index contributed by atoms with van der Waals surface area (Å²) in [5.74, 6) is 0.115. The third-order valence-corrected chi connectivity index (χ3v) is 3.45. The minimum Gasteiger partial charge on any atom is -0.327 e. The molecule has 1 aliphatic rings. The van der Waals surface area contributed by atoms with Crippen LogP contribution in [0.25, 0.3) is 0 Å². The van der Waals surface area contributed by atoms with E-state index in [2.05, 4.69) is 10.6 Å². The molecule has 0 unspecified atom stereocenters. The quantitative estimate of drug-likeness (QED) is 0.880. The number of carbonyl (C=O) groups is 1. The van der Waals surface area contributed by atoms with Crippen molar-refractivity contribution in [1.82, 2.24) is 10.2 Å². The average molecular weight is 265 g/mol. The van der Waals surface area contributed by atoms with Crippen LogP contribution >= 0.6 is 0 Å². The van der Waals surface area contributed by atoms with Crippen molar-refractivity contribution >= 4 is 11.7 Å². The van der Waals surface area contributed by atoms with Gasteiger partial charge < -0.3 is 15.5 Å². The van der Waals surface area contributed by atoms with Crippen LogP contribution in [0.2, 0.25) is 0 Å². The summed E-state index contributed by atoms with van der Waals surface area (Å²) in [5.41, 5.74) is 0.227. The van der Waals surface area contributed by atoms with E-state index in [0.717, 1.165) is 25.9 Å². The number of carbonyl (C=O) groups excluding carboxylic acids is 1.